The van der Waals surface area contributed by atoms with Crippen LogP contribution in [0.15, 0.2) is 0 Å². The van der Waals surface area contributed by atoms with Gasteiger partial charge in [-0.15, -0.1) is 0 Å². The van der Waals surface area contributed by atoms with Crippen LogP contribution in [0.4, 0.5) is 0 Å². The summed E-state index contributed by atoms with van der Waals surface area (Å²) >= 11 is 0. The first-order valence-electron chi connectivity index (χ1n) is 6.63. The summed E-state index contributed by atoms with van der Waals surface area (Å²) in [6.45, 7) is 0.579. The third-order valence-electron chi connectivity index (χ3n) is 4.76. The monoisotopic (exact) mass is 260 g/mol. The minimum atomic E-state index is -2.80. The highest BCUT2D eigenvalue weighted by Gasteiger charge is 2.42. The van der Waals surface area contributed by atoms with Gasteiger partial charge in [0, 0.05) is 18.1 Å². The number of hydrogen-bond acceptors (Lipinski definition) is 4. The van der Waals surface area contributed by atoms with Crippen LogP contribution < -0.4 is 5.73 Å². The molecule has 0 amide bonds. The van der Waals surface area contributed by atoms with Gasteiger partial charge in [-0.25, -0.2) is 8.42 Å². The molecular weight excluding hydrogens is 236 g/mol. The van der Waals surface area contributed by atoms with Gasteiger partial charge in [0.1, 0.15) is 9.84 Å². The quantitative estimate of drug-likeness (QED) is 0.814. The molecule has 0 aromatic heterocycles. The fraction of sp³-hybridized carbons (Fsp3) is 1.00. The molecule has 0 radical (unpaired) electrons. The Morgan fingerprint density at radius 2 is 1.76 bits per heavy atom. The molecule has 1 saturated carbocycles. The van der Waals surface area contributed by atoms with Crippen LogP contribution in [0.1, 0.15) is 38.5 Å². The molecule has 0 spiro atoms. The number of rotatable bonds is 3. The van der Waals surface area contributed by atoms with Gasteiger partial charge in [-0.05, 0) is 32.7 Å². The standard InChI is InChI=1S/C12H24N2O2S/c1-14(11-4-2-3-5-11)12(10-13)6-8-17(15,16)9-7-12/h11H,2-10,13H2,1H3. The zero-order valence-electron chi connectivity index (χ0n) is 10.7. The van der Waals surface area contributed by atoms with E-state index in [-0.39, 0.29) is 5.54 Å². The molecule has 17 heavy (non-hydrogen) atoms. The van der Waals surface area contributed by atoms with E-state index in [1.165, 1.54) is 25.7 Å². The molecule has 0 aromatic carbocycles. The summed E-state index contributed by atoms with van der Waals surface area (Å²) in [6.07, 6.45) is 6.50. The Kier molecular flexibility index (Phi) is 3.80. The van der Waals surface area contributed by atoms with Gasteiger partial charge in [-0.1, -0.05) is 12.8 Å². The van der Waals surface area contributed by atoms with Gasteiger partial charge in [0.25, 0.3) is 0 Å². The van der Waals surface area contributed by atoms with Gasteiger partial charge in [-0.3, -0.25) is 4.90 Å². The van der Waals surface area contributed by atoms with Gasteiger partial charge in [0.05, 0.1) is 11.5 Å². The van der Waals surface area contributed by atoms with Crippen molar-refractivity contribution in [3.05, 3.63) is 0 Å². The predicted molar refractivity (Wildman–Crippen MR) is 69.7 cm³/mol. The van der Waals surface area contributed by atoms with Crippen molar-refractivity contribution in [2.75, 3.05) is 25.1 Å². The third-order valence-corrected chi connectivity index (χ3v) is 6.41. The second-order valence-electron chi connectivity index (χ2n) is 5.63. The molecule has 0 bridgehead atoms. The van der Waals surface area contributed by atoms with Crippen molar-refractivity contribution in [2.24, 2.45) is 5.73 Å². The Labute approximate surface area is 104 Å². The lowest BCUT2D eigenvalue weighted by Crippen LogP contribution is -2.58. The van der Waals surface area contributed by atoms with Crippen molar-refractivity contribution in [3.63, 3.8) is 0 Å². The predicted octanol–water partition coefficient (Wildman–Crippen LogP) is 0.767. The third kappa shape index (κ3) is 2.66. The average Bonchev–Trinajstić information content (AvgIpc) is 2.82. The first kappa shape index (κ1) is 13.3. The van der Waals surface area contributed by atoms with E-state index in [4.69, 9.17) is 5.73 Å². The lowest BCUT2D eigenvalue weighted by atomic mass is 9.89. The van der Waals surface area contributed by atoms with Crippen molar-refractivity contribution >= 4 is 9.84 Å². The summed E-state index contributed by atoms with van der Waals surface area (Å²) < 4.78 is 23.1. The smallest absolute Gasteiger partial charge is 0.150 e. The minimum Gasteiger partial charge on any atom is -0.329 e. The van der Waals surface area contributed by atoms with E-state index in [0.717, 1.165) is 0 Å². The lowest BCUT2D eigenvalue weighted by molar-refractivity contribution is 0.0693. The number of hydrogen-bond donors (Lipinski definition) is 1. The highest BCUT2D eigenvalue weighted by Crippen LogP contribution is 2.34. The lowest BCUT2D eigenvalue weighted by Gasteiger charge is -2.46. The van der Waals surface area contributed by atoms with Crippen molar-refractivity contribution in [1.82, 2.24) is 4.90 Å². The molecule has 2 N–H and O–H groups in total. The first-order valence-corrected chi connectivity index (χ1v) is 8.45. The molecule has 2 rings (SSSR count). The molecule has 2 fully saturated rings. The van der Waals surface area contributed by atoms with Crippen molar-refractivity contribution in [1.29, 1.82) is 0 Å². The minimum absolute atomic E-state index is 0.0691. The highest BCUT2D eigenvalue weighted by atomic mass is 32.2. The molecule has 1 aliphatic carbocycles. The Balaban J connectivity index is 2.09. The van der Waals surface area contributed by atoms with Crippen LogP contribution in [-0.4, -0.2) is 50.0 Å². The molecule has 1 aliphatic heterocycles. The van der Waals surface area contributed by atoms with Crippen LogP contribution in [0.25, 0.3) is 0 Å². The van der Waals surface area contributed by atoms with Crippen LogP contribution in [0.2, 0.25) is 0 Å². The zero-order valence-corrected chi connectivity index (χ0v) is 11.5. The zero-order chi connectivity index (χ0) is 12.5. The Hall–Kier alpha value is -0.130. The summed E-state index contributed by atoms with van der Waals surface area (Å²) in [5.74, 6) is 0.614. The molecule has 4 nitrogen and oxygen atoms in total. The summed E-state index contributed by atoms with van der Waals surface area (Å²) in [5, 5.41) is 0. The van der Waals surface area contributed by atoms with Crippen molar-refractivity contribution in [2.45, 2.75) is 50.1 Å². The molecule has 2 aliphatic rings. The molecule has 1 heterocycles. The van der Waals surface area contributed by atoms with E-state index in [2.05, 4.69) is 11.9 Å². The SMILES string of the molecule is CN(C1CCCC1)C1(CN)CCS(=O)(=O)CC1. The second-order valence-corrected chi connectivity index (χ2v) is 7.93. The van der Waals surface area contributed by atoms with Crippen LogP contribution in [0.5, 0.6) is 0 Å². The van der Waals surface area contributed by atoms with Gasteiger partial charge >= 0.3 is 0 Å². The molecule has 0 aromatic rings. The van der Waals surface area contributed by atoms with Gasteiger partial charge < -0.3 is 5.73 Å². The van der Waals surface area contributed by atoms with E-state index in [1.807, 2.05) is 0 Å². The molecule has 5 heteroatoms. The molecular formula is C12H24N2O2S. The van der Waals surface area contributed by atoms with Gasteiger partial charge in [0.2, 0.25) is 0 Å². The summed E-state index contributed by atoms with van der Waals surface area (Å²) in [4.78, 5) is 2.40. The van der Waals surface area contributed by atoms with Crippen molar-refractivity contribution < 1.29 is 8.42 Å². The largest absolute Gasteiger partial charge is 0.329 e. The summed E-state index contributed by atoms with van der Waals surface area (Å²) in [5.41, 5.74) is 5.89. The Bertz CT molecular complexity index is 347. The second kappa shape index (κ2) is 4.86. The van der Waals surface area contributed by atoms with E-state index in [9.17, 15) is 8.42 Å². The van der Waals surface area contributed by atoms with Gasteiger partial charge in [-0.2, -0.15) is 0 Å². The highest BCUT2D eigenvalue weighted by molar-refractivity contribution is 7.91. The Morgan fingerprint density at radius 1 is 1.24 bits per heavy atom. The van der Waals surface area contributed by atoms with E-state index >= 15 is 0 Å². The summed E-state index contributed by atoms with van der Waals surface area (Å²) in [6, 6.07) is 0.611. The van der Waals surface area contributed by atoms with Gasteiger partial charge in [0.15, 0.2) is 0 Å². The van der Waals surface area contributed by atoms with Crippen molar-refractivity contribution in [3.8, 4) is 0 Å². The van der Waals surface area contributed by atoms with Crippen LogP contribution in [-0.2, 0) is 9.84 Å². The van der Waals surface area contributed by atoms with E-state index < -0.39 is 9.84 Å². The normalized spacial score (nSPS) is 28.6. The number of nitrogens with zero attached hydrogens (tertiary/aromatic N) is 1. The van der Waals surface area contributed by atoms with E-state index in [1.54, 1.807) is 0 Å². The topological polar surface area (TPSA) is 63.4 Å². The summed E-state index contributed by atoms with van der Waals surface area (Å²) in [7, 11) is -0.663. The van der Waals surface area contributed by atoms with E-state index in [0.29, 0.717) is 36.9 Å². The Morgan fingerprint density at radius 3 is 2.24 bits per heavy atom. The molecule has 0 unspecified atom stereocenters. The maximum absolute atomic E-state index is 11.5. The van der Waals surface area contributed by atoms with Crippen LogP contribution >= 0.6 is 0 Å². The molecule has 100 valence electrons. The molecule has 1 saturated heterocycles. The van der Waals surface area contributed by atoms with Crippen LogP contribution in [0.3, 0.4) is 0 Å². The average molecular weight is 260 g/mol. The number of sulfone groups is 1. The number of likely N-dealkylation sites (N-methyl/N-ethyl adjacent to an activating group) is 1. The number of nitrogens with two attached hydrogens (primary N) is 1. The fourth-order valence-electron chi connectivity index (χ4n) is 3.30. The maximum atomic E-state index is 11.5. The molecule has 0 atom stereocenters. The van der Waals surface area contributed by atoms with Crippen LogP contribution in [0, 0.1) is 0 Å². The fourth-order valence-corrected chi connectivity index (χ4v) is 4.88. The first-order chi connectivity index (χ1) is 7.99. The maximum Gasteiger partial charge on any atom is 0.150 e.